The lowest BCUT2D eigenvalue weighted by Gasteiger charge is -2.34. The van der Waals surface area contributed by atoms with Crippen LogP contribution < -0.4 is 5.32 Å². The average molecular weight is 370 g/mol. The summed E-state index contributed by atoms with van der Waals surface area (Å²) in [5.41, 5.74) is 1.84. The molecule has 1 atom stereocenters. The molecule has 2 aromatic carbocycles. The first-order valence-electron chi connectivity index (χ1n) is 9.58. The number of hydrogen-bond acceptors (Lipinski definition) is 3. The van der Waals surface area contributed by atoms with E-state index in [-0.39, 0.29) is 17.8 Å². The number of carbonyl (C=O) groups is 1. The predicted molar refractivity (Wildman–Crippen MR) is 104 cm³/mol. The molecule has 0 aromatic heterocycles. The summed E-state index contributed by atoms with van der Waals surface area (Å²) in [7, 11) is 0. The quantitative estimate of drug-likeness (QED) is 0.777. The van der Waals surface area contributed by atoms with Gasteiger partial charge >= 0.3 is 0 Å². The smallest absolute Gasteiger partial charge is 0.220 e. The summed E-state index contributed by atoms with van der Waals surface area (Å²) in [5, 5.41) is 3.05. The number of nitrogens with one attached hydrogen (secondary N) is 1. The molecule has 0 radical (unpaired) electrons. The van der Waals surface area contributed by atoms with Gasteiger partial charge in [-0.1, -0.05) is 48.5 Å². The van der Waals surface area contributed by atoms with Crippen molar-refractivity contribution >= 4 is 5.91 Å². The molecule has 1 unspecified atom stereocenters. The van der Waals surface area contributed by atoms with Crippen molar-refractivity contribution in [3.05, 3.63) is 71.5 Å². The van der Waals surface area contributed by atoms with Crippen LogP contribution in [0.3, 0.4) is 0 Å². The SMILES string of the molecule is O=C(CCc1ccccc1F)NCC(Cc1ccccc1)N1CCOCC1. The van der Waals surface area contributed by atoms with E-state index in [4.69, 9.17) is 4.74 Å². The Bertz CT molecular complexity index is 717. The number of benzene rings is 2. The first-order chi connectivity index (χ1) is 13.2. The highest BCUT2D eigenvalue weighted by atomic mass is 19.1. The molecule has 27 heavy (non-hydrogen) atoms. The Morgan fingerprint density at radius 3 is 2.52 bits per heavy atom. The predicted octanol–water partition coefficient (Wildman–Crippen LogP) is 2.82. The molecule has 3 rings (SSSR count). The molecule has 0 saturated carbocycles. The van der Waals surface area contributed by atoms with Crippen molar-refractivity contribution < 1.29 is 13.9 Å². The number of nitrogens with zero attached hydrogens (tertiary/aromatic N) is 1. The molecule has 1 aliphatic rings. The number of rotatable bonds is 8. The number of morpholine rings is 1. The first kappa shape index (κ1) is 19.5. The maximum Gasteiger partial charge on any atom is 0.220 e. The highest BCUT2D eigenvalue weighted by Crippen LogP contribution is 2.12. The van der Waals surface area contributed by atoms with Crippen LogP contribution in [-0.2, 0) is 22.4 Å². The standard InChI is InChI=1S/C22H27FN2O2/c23-21-9-5-4-8-19(21)10-11-22(26)24-17-20(25-12-14-27-15-13-25)16-18-6-2-1-3-7-18/h1-9,20H,10-17H2,(H,24,26). The van der Waals surface area contributed by atoms with Crippen LogP contribution in [0.2, 0.25) is 0 Å². The van der Waals surface area contributed by atoms with E-state index in [2.05, 4.69) is 22.3 Å². The minimum Gasteiger partial charge on any atom is -0.379 e. The fourth-order valence-corrected chi connectivity index (χ4v) is 3.43. The molecule has 1 fully saturated rings. The molecule has 0 spiro atoms. The van der Waals surface area contributed by atoms with Crippen LogP contribution in [-0.4, -0.2) is 49.7 Å². The van der Waals surface area contributed by atoms with Crippen LogP contribution in [0, 0.1) is 5.82 Å². The molecular formula is C22H27FN2O2. The monoisotopic (exact) mass is 370 g/mol. The summed E-state index contributed by atoms with van der Waals surface area (Å²) in [6.45, 7) is 3.80. The van der Waals surface area contributed by atoms with Crippen molar-refractivity contribution in [2.45, 2.75) is 25.3 Å². The van der Waals surface area contributed by atoms with Crippen LogP contribution in [0.1, 0.15) is 17.5 Å². The van der Waals surface area contributed by atoms with Crippen molar-refractivity contribution in [3.63, 3.8) is 0 Å². The molecule has 0 aliphatic carbocycles. The van der Waals surface area contributed by atoms with Crippen molar-refractivity contribution in [1.29, 1.82) is 0 Å². The Kier molecular flexibility index (Phi) is 7.36. The Labute approximate surface area is 160 Å². The van der Waals surface area contributed by atoms with Crippen LogP contribution >= 0.6 is 0 Å². The lowest BCUT2D eigenvalue weighted by Crippen LogP contribution is -2.49. The summed E-state index contributed by atoms with van der Waals surface area (Å²) in [6, 6.07) is 17.2. The maximum atomic E-state index is 13.7. The van der Waals surface area contributed by atoms with Crippen LogP contribution in [0.25, 0.3) is 0 Å². The van der Waals surface area contributed by atoms with Gasteiger partial charge in [0, 0.05) is 32.1 Å². The van der Waals surface area contributed by atoms with Gasteiger partial charge in [0.05, 0.1) is 13.2 Å². The third-order valence-corrected chi connectivity index (χ3v) is 4.99. The van der Waals surface area contributed by atoms with Gasteiger partial charge in [-0.25, -0.2) is 4.39 Å². The van der Waals surface area contributed by atoms with Gasteiger partial charge < -0.3 is 10.1 Å². The molecule has 5 heteroatoms. The minimum absolute atomic E-state index is 0.0374. The third kappa shape index (κ3) is 6.15. The largest absolute Gasteiger partial charge is 0.379 e. The fraction of sp³-hybridized carbons (Fsp3) is 0.409. The van der Waals surface area contributed by atoms with E-state index in [1.54, 1.807) is 18.2 Å². The number of ether oxygens (including phenoxy) is 1. The normalized spacial score (nSPS) is 16.0. The molecular weight excluding hydrogens is 343 g/mol. The van der Waals surface area contributed by atoms with E-state index in [9.17, 15) is 9.18 Å². The average Bonchev–Trinajstić information content (AvgIpc) is 2.72. The second kappa shape index (κ2) is 10.2. The molecule has 2 aromatic rings. The summed E-state index contributed by atoms with van der Waals surface area (Å²) in [6.07, 6.45) is 1.59. The molecule has 1 saturated heterocycles. The molecule has 144 valence electrons. The van der Waals surface area contributed by atoms with Crippen LogP contribution in [0.5, 0.6) is 0 Å². The van der Waals surface area contributed by atoms with Gasteiger partial charge in [0.1, 0.15) is 5.82 Å². The molecule has 1 heterocycles. The molecule has 0 bridgehead atoms. The number of carbonyl (C=O) groups excluding carboxylic acids is 1. The Morgan fingerprint density at radius 2 is 1.78 bits per heavy atom. The topological polar surface area (TPSA) is 41.6 Å². The zero-order valence-electron chi connectivity index (χ0n) is 15.6. The second-order valence-corrected chi connectivity index (χ2v) is 6.89. The highest BCUT2D eigenvalue weighted by Gasteiger charge is 2.22. The number of halogens is 1. The lowest BCUT2D eigenvalue weighted by molar-refractivity contribution is -0.121. The van der Waals surface area contributed by atoms with E-state index in [0.29, 0.717) is 24.9 Å². The van der Waals surface area contributed by atoms with Gasteiger partial charge in [0.2, 0.25) is 5.91 Å². The van der Waals surface area contributed by atoms with Gasteiger partial charge in [0.25, 0.3) is 0 Å². The number of amides is 1. The van der Waals surface area contributed by atoms with Gasteiger partial charge in [-0.05, 0) is 30.0 Å². The van der Waals surface area contributed by atoms with Gasteiger partial charge in [-0.15, -0.1) is 0 Å². The third-order valence-electron chi connectivity index (χ3n) is 4.99. The van der Waals surface area contributed by atoms with Gasteiger partial charge in [-0.2, -0.15) is 0 Å². The van der Waals surface area contributed by atoms with E-state index < -0.39 is 0 Å². The van der Waals surface area contributed by atoms with Crippen LogP contribution in [0.15, 0.2) is 54.6 Å². The van der Waals surface area contributed by atoms with E-state index in [1.165, 1.54) is 11.6 Å². The fourth-order valence-electron chi connectivity index (χ4n) is 3.43. The van der Waals surface area contributed by atoms with E-state index >= 15 is 0 Å². The molecule has 1 N–H and O–H groups in total. The molecule has 4 nitrogen and oxygen atoms in total. The summed E-state index contributed by atoms with van der Waals surface area (Å²) in [4.78, 5) is 14.7. The van der Waals surface area contributed by atoms with E-state index in [1.807, 2.05) is 18.2 Å². The van der Waals surface area contributed by atoms with Crippen molar-refractivity contribution in [3.8, 4) is 0 Å². The maximum absolute atomic E-state index is 13.7. The van der Waals surface area contributed by atoms with E-state index in [0.717, 1.165) is 32.7 Å². The Hall–Kier alpha value is -2.24. The highest BCUT2D eigenvalue weighted by molar-refractivity contribution is 5.76. The zero-order valence-corrected chi connectivity index (χ0v) is 15.6. The summed E-state index contributed by atoms with van der Waals surface area (Å²) in [5.74, 6) is -0.287. The minimum atomic E-state index is -0.249. The zero-order chi connectivity index (χ0) is 18.9. The lowest BCUT2D eigenvalue weighted by atomic mass is 10.0. The van der Waals surface area contributed by atoms with Crippen LogP contribution in [0.4, 0.5) is 4.39 Å². The van der Waals surface area contributed by atoms with Crippen molar-refractivity contribution in [2.24, 2.45) is 0 Å². The number of aryl methyl sites for hydroxylation is 1. The summed E-state index contributed by atoms with van der Waals surface area (Å²) >= 11 is 0. The summed E-state index contributed by atoms with van der Waals surface area (Å²) < 4.78 is 19.1. The Morgan fingerprint density at radius 1 is 1.07 bits per heavy atom. The molecule has 1 aliphatic heterocycles. The van der Waals surface area contributed by atoms with Crippen molar-refractivity contribution in [1.82, 2.24) is 10.2 Å². The first-order valence-corrected chi connectivity index (χ1v) is 9.58. The number of hydrogen-bond donors (Lipinski definition) is 1. The van der Waals surface area contributed by atoms with Crippen molar-refractivity contribution in [2.75, 3.05) is 32.8 Å². The van der Waals surface area contributed by atoms with Gasteiger partial charge in [0.15, 0.2) is 0 Å². The van der Waals surface area contributed by atoms with Gasteiger partial charge in [-0.3, -0.25) is 9.69 Å². The second-order valence-electron chi connectivity index (χ2n) is 6.89. The molecule has 1 amide bonds. The Balaban J connectivity index is 1.53.